The van der Waals surface area contributed by atoms with Gasteiger partial charge in [-0.3, -0.25) is 10.1 Å². The quantitative estimate of drug-likeness (QED) is 0.665. The molecule has 0 amide bonds. The van der Waals surface area contributed by atoms with Gasteiger partial charge in [0.05, 0.1) is 4.92 Å². The molecule has 8 heteroatoms. The number of anilines is 2. The molecule has 0 spiro atoms. The van der Waals surface area contributed by atoms with Crippen molar-refractivity contribution >= 4 is 27.0 Å². The Kier molecular flexibility index (Phi) is 4.65. The molecule has 0 saturated heterocycles. The lowest BCUT2D eigenvalue weighted by molar-refractivity contribution is -0.384. The lowest BCUT2D eigenvalue weighted by Gasteiger charge is -2.11. The Labute approximate surface area is 134 Å². The standard InChI is InChI=1S/C15H17N3O4S/c1-4-11-9-13(23(3,21)22)17-15(14(11)18(19)20)16-12-7-5-10(2)6-8-12/h5-9H,4H2,1-3H3,(H,16,17). The molecule has 122 valence electrons. The normalized spacial score (nSPS) is 11.3. The van der Waals surface area contributed by atoms with Gasteiger partial charge >= 0.3 is 5.69 Å². The lowest BCUT2D eigenvalue weighted by Crippen LogP contribution is -2.09. The van der Waals surface area contributed by atoms with Gasteiger partial charge in [-0.1, -0.05) is 24.6 Å². The zero-order valence-electron chi connectivity index (χ0n) is 13.0. The number of nitrogens with zero attached hydrogens (tertiary/aromatic N) is 2. The number of pyridine rings is 1. The van der Waals surface area contributed by atoms with Crippen molar-refractivity contribution in [1.29, 1.82) is 0 Å². The van der Waals surface area contributed by atoms with E-state index >= 15 is 0 Å². The Hall–Kier alpha value is -2.48. The number of nitro groups is 1. The molecule has 2 aromatic rings. The number of nitrogens with one attached hydrogen (secondary N) is 1. The third-order valence-electron chi connectivity index (χ3n) is 3.31. The highest BCUT2D eigenvalue weighted by Crippen LogP contribution is 2.31. The van der Waals surface area contributed by atoms with E-state index in [1.165, 1.54) is 6.07 Å². The lowest BCUT2D eigenvalue weighted by atomic mass is 10.1. The predicted molar refractivity (Wildman–Crippen MR) is 87.8 cm³/mol. The molecule has 0 bridgehead atoms. The molecule has 0 radical (unpaired) electrons. The van der Waals surface area contributed by atoms with Gasteiger partial charge < -0.3 is 5.32 Å². The summed E-state index contributed by atoms with van der Waals surface area (Å²) >= 11 is 0. The first kappa shape index (κ1) is 16.9. The summed E-state index contributed by atoms with van der Waals surface area (Å²) < 4.78 is 23.5. The molecule has 0 atom stereocenters. The molecule has 0 unspecified atom stereocenters. The average molecular weight is 335 g/mol. The third-order valence-corrected chi connectivity index (χ3v) is 4.27. The summed E-state index contributed by atoms with van der Waals surface area (Å²) in [5.41, 5.74) is 1.75. The van der Waals surface area contributed by atoms with Crippen molar-refractivity contribution in [2.24, 2.45) is 0 Å². The summed E-state index contributed by atoms with van der Waals surface area (Å²) in [6.07, 6.45) is 1.35. The van der Waals surface area contributed by atoms with E-state index < -0.39 is 14.8 Å². The Morgan fingerprint density at radius 3 is 2.35 bits per heavy atom. The topological polar surface area (TPSA) is 102 Å². The zero-order valence-corrected chi connectivity index (χ0v) is 13.8. The Bertz CT molecular complexity index is 846. The molecule has 0 aliphatic rings. The van der Waals surface area contributed by atoms with Crippen LogP contribution < -0.4 is 5.32 Å². The van der Waals surface area contributed by atoms with Crippen LogP contribution in [0.2, 0.25) is 0 Å². The molecule has 1 aromatic heterocycles. The highest BCUT2D eigenvalue weighted by atomic mass is 32.2. The van der Waals surface area contributed by atoms with Crippen LogP contribution in [-0.4, -0.2) is 24.6 Å². The van der Waals surface area contributed by atoms with Crippen LogP contribution in [0.3, 0.4) is 0 Å². The molecule has 0 aliphatic heterocycles. The van der Waals surface area contributed by atoms with E-state index in [0.29, 0.717) is 17.7 Å². The van der Waals surface area contributed by atoms with Gasteiger partial charge in [0.15, 0.2) is 14.9 Å². The Morgan fingerprint density at radius 2 is 1.87 bits per heavy atom. The van der Waals surface area contributed by atoms with E-state index in [9.17, 15) is 18.5 Å². The van der Waals surface area contributed by atoms with Gasteiger partial charge in [-0.05, 0) is 31.5 Å². The summed E-state index contributed by atoms with van der Waals surface area (Å²) in [4.78, 5) is 14.8. The van der Waals surface area contributed by atoms with E-state index in [4.69, 9.17) is 0 Å². The van der Waals surface area contributed by atoms with Crippen molar-refractivity contribution in [3.8, 4) is 0 Å². The first-order chi connectivity index (χ1) is 10.7. The van der Waals surface area contributed by atoms with Gasteiger partial charge in [0.25, 0.3) is 0 Å². The van der Waals surface area contributed by atoms with Crippen molar-refractivity contribution in [2.45, 2.75) is 25.3 Å². The van der Waals surface area contributed by atoms with Gasteiger partial charge in [0.2, 0.25) is 5.82 Å². The molecular weight excluding hydrogens is 318 g/mol. The van der Waals surface area contributed by atoms with Gasteiger partial charge in [-0.25, -0.2) is 13.4 Å². The molecule has 1 aromatic carbocycles. The van der Waals surface area contributed by atoms with Crippen LogP contribution in [0, 0.1) is 17.0 Å². The molecule has 0 fully saturated rings. The predicted octanol–water partition coefficient (Wildman–Crippen LogP) is 3.01. The van der Waals surface area contributed by atoms with Gasteiger partial charge in [-0.2, -0.15) is 0 Å². The largest absolute Gasteiger partial charge is 0.334 e. The highest BCUT2D eigenvalue weighted by molar-refractivity contribution is 7.90. The maximum absolute atomic E-state index is 11.8. The second-order valence-electron chi connectivity index (χ2n) is 5.19. The van der Waals surface area contributed by atoms with E-state index in [1.807, 2.05) is 19.1 Å². The minimum atomic E-state index is -3.57. The maximum Gasteiger partial charge on any atom is 0.314 e. The van der Waals surface area contributed by atoms with Gasteiger partial charge in [0, 0.05) is 17.5 Å². The zero-order chi connectivity index (χ0) is 17.2. The van der Waals surface area contributed by atoms with Crippen molar-refractivity contribution in [3.05, 3.63) is 51.6 Å². The molecular formula is C15H17N3O4S. The fourth-order valence-corrected chi connectivity index (χ4v) is 2.70. The first-order valence-corrected chi connectivity index (χ1v) is 8.83. The first-order valence-electron chi connectivity index (χ1n) is 6.94. The summed E-state index contributed by atoms with van der Waals surface area (Å²) in [5, 5.41) is 14.0. The Balaban J connectivity index is 2.62. The van der Waals surface area contributed by atoms with Crippen LogP contribution in [0.15, 0.2) is 35.4 Å². The number of hydrogen-bond acceptors (Lipinski definition) is 6. The van der Waals surface area contributed by atoms with E-state index in [2.05, 4.69) is 10.3 Å². The maximum atomic E-state index is 11.8. The SMILES string of the molecule is CCc1cc(S(C)(=O)=O)nc(Nc2ccc(C)cc2)c1[N+](=O)[O-]. The van der Waals surface area contributed by atoms with Gasteiger partial charge in [0.1, 0.15) is 0 Å². The molecule has 2 rings (SSSR count). The fourth-order valence-electron chi connectivity index (χ4n) is 2.09. The molecule has 0 aliphatic carbocycles. The van der Waals surface area contributed by atoms with Crippen molar-refractivity contribution in [1.82, 2.24) is 4.98 Å². The summed E-state index contributed by atoms with van der Waals surface area (Å²) in [6, 6.07) is 8.44. The molecule has 23 heavy (non-hydrogen) atoms. The number of hydrogen-bond donors (Lipinski definition) is 1. The number of aryl methyl sites for hydroxylation is 2. The van der Waals surface area contributed by atoms with Crippen LogP contribution in [0.1, 0.15) is 18.1 Å². The second kappa shape index (κ2) is 6.33. The van der Waals surface area contributed by atoms with Crippen LogP contribution in [-0.2, 0) is 16.3 Å². The minimum Gasteiger partial charge on any atom is -0.334 e. The highest BCUT2D eigenvalue weighted by Gasteiger charge is 2.25. The van der Waals surface area contributed by atoms with Crippen LogP contribution in [0.5, 0.6) is 0 Å². The Morgan fingerprint density at radius 1 is 1.26 bits per heavy atom. The van der Waals surface area contributed by atoms with Crippen molar-refractivity contribution in [3.63, 3.8) is 0 Å². The minimum absolute atomic E-state index is 0.0707. The number of rotatable bonds is 5. The molecule has 1 N–H and O–H groups in total. The van der Waals surface area contributed by atoms with Crippen molar-refractivity contribution in [2.75, 3.05) is 11.6 Å². The van der Waals surface area contributed by atoms with Crippen LogP contribution in [0.4, 0.5) is 17.2 Å². The summed E-state index contributed by atoms with van der Waals surface area (Å²) in [6.45, 7) is 3.65. The van der Waals surface area contributed by atoms with E-state index in [0.717, 1.165) is 11.8 Å². The number of aromatic nitrogens is 1. The van der Waals surface area contributed by atoms with Crippen LogP contribution in [0.25, 0.3) is 0 Å². The van der Waals surface area contributed by atoms with E-state index in [-0.39, 0.29) is 16.5 Å². The van der Waals surface area contributed by atoms with Gasteiger partial charge in [-0.15, -0.1) is 0 Å². The van der Waals surface area contributed by atoms with Crippen LogP contribution >= 0.6 is 0 Å². The van der Waals surface area contributed by atoms with E-state index in [1.54, 1.807) is 19.1 Å². The molecule has 1 heterocycles. The fraction of sp³-hybridized carbons (Fsp3) is 0.267. The third kappa shape index (κ3) is 3.84. The summed E-state index contributed by atoms with van der Waals surface area (Å²) in [5.74, 6) is -0.0707. The number of sulfone groups is 1. The summed E-state index contributed by atoms with van der Waals surface area (Å²) in [7, 11) is -3.57. The number of benzene rings is 1. The average Bonchev–Trinajstić information content (AvgIpc) is 2.47. The molecule has 0 saturated carbocycles. The molecule has 7 nitrogen and oxygen atoms in total. The smallest absolute Gasteiger partial charge is 0.314 e. The second-order valence-corrected chi connectivity index (χ2v) is 7.15. The van der Waals surface area contributed by atoms with Crippen molar-refractivity contribution < 1.29 is 13.3 Å². The monoisotopic (exact) mass is 335 g/mol.